The van der Waals surface area contributed by atoms with Gasteiger partial charge < -0.3 is 10.2 Å². The van der Waals surface area contributed by atoms with Crippen molar-refractivity contribution in [3.05, 3.63) is 81.7 Å². The highest BCUT2D eigenvalue weighted by Gasteiger charge is 2.36. The van der Waals surface area contributed by atoms with Crippen LogP contribution in [0.15, 0.2) is 75.6 Å². The zero-order valence-electron chi connectivity index (χ0n) is 29.5. The molecule has 0 spiro atoms. The van der Waals surface area contributed by atoms with E-state index in [1.165, 1.54) is 57.7 Å². The fourth-order valence-electron chi connectivity index (χ4n) is 6.80. The maximum absolute atomic E-state index is 5.48. The molecule has 2 aliphatic heterocycles. The third kappa shape index (κ3) is 8.82. The van der Waals surface area contributed by atoms with E-state index in [-0.39, 0.29) is 11.5 Å². The second-order valence-electron chi connectivity index (χ2n) is 14.0. The van der Waals surface area contributed by atoms with Crippen LogP contribution in [0.2, 0.25) is 0 Å². The number of likely N-dealkylation sites (tertiary alicyclic amines) is 1. The van der Waals surface area contributed by atoms with Crippen molar-refractivity contribution in [1.29, 1.82) is 0 Å². The second-order valence-corrected chi connectivity index (χ2v) is 14.0. The maximum Gasteiger partial charge on any atom is 0.0496 e. The Morgan fingerprint density at radius 1 is 1.09 bits per heavy atom. The number of rotatable bonds is 12. The summed E-state index contributed by atoms with van der Waals surface area (Å²) in [7, 11) is 2.06. The molecule has 0 radical (unpaired) electrons. The Bertz CT molecular complexity index is 1220. The summed E-state index contributed by atoms with van der Waals surface area (Å²) in [5.74, 6) is 0.637. The van der Waals surface area contributed by atoms with Crippen LogP contribution in [0.4, 0.5) is 0 Å². The molecule has 0 amide bonds. The lowest BCUT2D eigenvalue weighted by Crippen LogP contribution is -2.48. The SMILES string of the molecule is C=C(C(C=C(CC)C(C)=NC1=C(C(C)NC)CN(C(C)C)CC1(C)C)=C(C)CCC)N1CCC(c2ccc(C)cc2)CC1. The molecule has 2 aliphatic rings. The number of piperidine rings is 1. The van der Waals surface area contributed by atoms with Gasteiger partial charge in [0, 0.05) is 60.8 Å². The summed E-state index contributed by atoms with van der Waals surface area (Å²) in [6.07, 6.45) is 7.95. The first-order valence-corrected chi connectivity index (χ1v) is 16.9. The van der Waals surface area contributed by atoms with Crippen LogP contribution in [0.3, 0.4) is 0 Å². The van der Waals surface area contributed by atoms with Crippen LogP contribution >= 0.6 is 0 Å². The van der Waals surface area contributed by atoms with Gasteiger partial charge in [-0.05, 0) is 109 Å². The molecule has 1 N–H and O–H groups in total. The lowest BCUT2D eigenvalue weighted by molar-refractivity contribution is 0.153. The molecule has 1 aromatic rings. The predicted octanol–water partition coefficient (Wildman–Crippen LogP) is 9.21. The molecule has 0 saturated carbocycles. The molecule has 2 heterocycles. The Morgan fingerprint density at radius 2 is 1.72 bits per heavy atom. The molecule has 4 heteroatoms. The lowest BCUT2D eigenvalue weighted by atomic mass is 9.80. The Labute approximate surface area is 265 Å². The molecule has 1 atom stereocenters. The van der Waals surface area contributed by atoms with Crippen molar-refractivity contribution < 1.29 is 0 Å². The number of benzene rings is 1. The van der Waals surface area contributed by atoms with E-state index in [1.54, 1.807) is 0 Å². The molecular formula is C39H62N4. The normalized spacial score (nSPS) is 20.5. The minimum absolute atomic E-state index is 0.0226. The average Bonchev–Trinajstić information content (AvgIpc) is 2.98. The topological polar surface area (TPSA) is 30.9 Å². The van der Waals surface area contributed by atoms with Gasteiger partial charge in [-0.15, -0.1) is 0 Å². The number of aryl methyl sites for hydroxylation is 1. The fourth-order valence-corrected chi connectivity index (χ4v) is 6.80. The highest BCUT2D eigenvalue weighted by Crippen LogP contribution is 2.38. The molecule has 0 bridgehead atoms. The minimum Gasteiger partial charge on any atom is -0.371 e. The average molecular weight is 587 g/mol. The van der Waals surface area contributed by atoms with Crippen LogP contribution in [0, 0.1) is 12.3 Å². The van der Waals surface area contributed by atoms with E-state index in [1.807, 2.05) is 0 Å². The first kappa shape index (κ1) is 35.1. The first-order chi connectivity index (χ1) is 20.3. The van der Waals surface area contributed by atoms with E-state index in [4.69, 9.17) is 11.6 Å². The van der Waals surface area contributed by atoms with Crippen molar-refractivity contribution in [2.24, 2.45) is 10.4 Å². The van der Waals surface area contributed by atoms with E-state index in [0.717, 1.165) is 51.2 Å². The van der Waals surface area contributed by atoms with Crippen molar-refractivity contribution in [3.8, 4) is 0 Å². The molecule has 1 fully saturated rings. The summed E-state index contributed by atoms with van der Waals surface area (Å²) in [5.41, 5.74) is 11.8. The van der Waals surface area contributed by atoms with Crippen LogP contribution in [-0.4, -0.2) is 60.8 Å². The third-order valence-electron chi connectivity index (χ3n) is 9.87. The van der Waals surface area contributed by atoms with Gasteiger partial charge in [-0.1, -0.05) is 76.1 Å². The summed E-state index contributed by atoms with van der Waals surface area (Å²) in [4.78, 5) is 10.6. The van der Waals surface area contributed by atoms with E-state index < -0.39 is 0 Å². The molecule has 4 nitrogen and oxygen atoms in total. The van der Waals surface area contributed by atoms with Gasteiger partial charge in [0.1, 0.15) is 0 Å². The zero-order chi connectivity index (χ0) is 31.9. The van der Waals surface area contributed by atoms with Crippen LogP contribution in [-0.2, 0) is 0 Å². The number of nitrogens with one attached hydrogen (secondary N) is 1. The van der Waals surface area contributed by atoms with Gasteiger partial charge in [-0.25, -0.2) is 0 Å². The van der Waals surface area contributed by atoms with Crippen molar-refractivity contribution >= 4 is 5.71 Å². The maximum atomic E-state index is 5.48. The van der Waals surface area contributed by atoms with E-state index in [9.17, 15) is 0 Å². The lowest BCUT2D eigenvalue weighted by Gasteiger charge is -2.43. The summed E-state index contributed by atoms with van der Waals surface area (Å²) in [6, 6.07) is 9.95. The predicted molar refractivity (Wildman–Crippen MR) is 189 cm³/mol. The molecule has 0 aliphatic carbocycles. The number of aliphatic imine (C=N–C) groups is 1. The van der Waals surface area contributed by atoms with Gasteiger partial charge in [-0.3, -0.25) is 9.89 Å². The monoisotopic (exact) mass is 586 g/mol. The molecular weight excluding hydrogens is 524 g/mol. The quantitative estimate of drug-likeness (QED) is 0.196. The number of hydrogen-bond donors (Lipinski definition) is 1. The van der Waals surface area contributed by atoms with Crippen LogP contribution < -0.4 is 5.32 Å². The van der Waals surface area contributed by atoms with Crippen molar-refractivity contribution in [1.82, 2.24) is 15.1 Å². The largest absolute Gasteiger partial charge is 0.371 e. The van der Waals surface area contributed by atoms with E-state index in [0.29, 0.717) is 12.0 Å². The second kappa shape index (κ2) is 15.5. The van der Waals surface area contributed by atoms with E-state index in [2.05, 4.69) is 122 Å². The number of hydrogen-bond acceptors (Lipinski definition) is 4. The van der Waals surface area contributed by atoms with Crippen molar-refractivity contribution in [2.75, 3.05) is 33.2 Å². The summed E-state index contributed by atoms with van der Waals surface area (Å²) in [5, 5.41) is 3.51. The van der Waals surface area contributed by atoms with Crippen molar-refractivity contribution in [2.45, 2.75) is 119 Å². The molecule has 1 aromatic carbocycles. The van der Waals surface area contributed by atoms with Crippen LogP contribution in [0.1, 0.15) is 111 Å². The smallest absolute Gasteiger partial charge is 0.0496 e. The van der Waals surface area contributed by atoms with Crippen molar-refractivity contribution in [3.63, 3.8) is 0 Å². The molecule has 43 heavy (non-hydrogen) atoms. The Kier molecular flexibility index (Phi) is 12.7. The van der Waals surface area contributed by atoms with Gasteiger partial charge in [0.05, 0.1) is 0 Å². The Morgan fingerprint density at radius 3 is 2.26 bits per heavy atom. The van der Waals surface area contributed by atoms with Gasteiger partial charge in [0.25, 0.3) is 0 Å². The Hall–Kier alpha value is -2.43. The molecule has 1 saturated heterocycles. The van der Waals surface area contributed by atoms with Gasteiger partial charge in [0.2, 0.25) is 0 Å². The van der Waals surface area contributed by atoms with Gasteiger partial charge in [-0.2, -0.15) is 0 Å². The standard InChI is InChI=1S/C39H62N4/c1-13-15-29(6)36(32(9)42-22-20-35(21-23-42)34-18-16-28(5)17-19-34)24-33(14-2)30(7)41-38-37(31(8)40-12)25-43(27(3)4)26-39(38,10)11/h16-19,24,27,31,35,40H,9,13-15,20-23,25-26H2,1-8,10-12H3. The number of likely N-dealkylation sites (N-methyl/N-ethyl adjacent to an activating group) is 1. The molecule has 1 unspecified atom stereocenters. The summed E-state index contributed by atoms with van der Waals surface area (Å²) in [6.45, 7) is 31.7. The van der Waals surface area contributed by atoms with Gasteiger partial charge >= 0.3 is 0 Å². The van der Waals surface area contributed by atoms with Crippen LogP contribution in [0.25, 0.3) is 0 Å². The van der Waals surface area contributed by atoms with Gasteiger partial charge in [0.15, 0.2) is 0 Å². The first-order valence-electron chi connectivity index (χ1n) is 16.9. The molecule has 0 aromatic heterocycles. The molecule has 238 valence electrons. The zero-order valence-corrected chi connectivity index (χ0v) is 29.5. The minimum atomic E-state index is -0.0226. The summed E-state index contributed by atoms with van der Waals surface area (Å²) >= 11 is 0. The van der Waals surface area contributed by atoms with Crippen LogP contribution in [0.5, 0.6) is 0 Å². The number of allylic oxidation sites excluding steroid dienone is 3. The highest BCUT2D eigenvalue weighted by atomic mass is 15.2. The Balaban J connectivity index is 1.94. The summed E-state index contributed by atoms with van der Waals surface area (Å²) < 4.78 is 0. The number of nitrogens with zero attached hydrogens (tertiary/aromatic N) is 3. The fraction of sp³-hybridized carbons (Fsp3) is 0.615. The van der Waals surface area contributed by atoms with E-state index >= 15 is 0 Å². The third-order valence-corrected chi connectivity index (χ3v) is 9.87. The molecule has 3 rings (SSSR count). The highest BCUT2D eigenvalue weighted by molar-refractivity contribution is 5.99.